The molecule has 5 nitrogen and oxygen atoms in total. The van der Waals surface area contributed by atoms with Crippen molar-refractivity contribution < 1.29 is 19.4 Å². The number of amides is 1. The van der Waals surface area contributed by atoms with E-state index in [1.165, 1.54) is 19.2 Å². The maximum atomic E-state index is 11.4. The van der Waals surface area contributed by atoms with Gasteiger partial charge in [-0.2, -0.15) is 0 Å². The fourth-order valence-electron chi connectivity index (χ4n) is 1.08. The fourth-order valence-corrected chi connectivity index (χ4v) is 1.22. The molecule has 2 N–H and O–H groups in total. The Hall–Kier alpha value is -1.17. The van der Waals surface area contributed by atoms with E-state index in [0.29, 0.717) is 0 Å². The lowest BCUT2D eigenvalue weighted by Crippen LogP contribution is -2.26. The third kappa shape index (κ3) is 3.66. The highest BCUT2D eigenvalue weighted by Crippen LogP contribution is 2.30. The van der Waals surface area contributed by atoms with Crippen molar-refractivity contribution in [2.24, 2.45) is 0 Å². The lowest BCUT2D eigenvalue weighted by Gasteiger charge is -2.12. The zero-order valence-electron chi connectivity index (χ0n) is 9.04. The summed E-state index contributed by atoms with van der Waals surface area (Å²) in [6.45, 7) is 0. The number of carbonyl (C=O) groups is 2. The van der Waals surface area contributed by atoms with Gasteiger partial charge in [-0.25, -0.2) is 4.79 Å². The molecule has 18 heavy (non-hydrogen) atoms. The standard InChI is InChI=1S/C10H8Cl3NO4/c1-18-8(16)5-2-3-6(7(15)4-5)14-9(17)10(11,12)13/h2-4,15H,1H3,(H,14,17). The molecule has 0 spiro atoms. The fraction of sp³-hybridized carbons (Fsp3) is 0.200. The normalized spacial score (nSPS) is 10.9. The summed E-state index contributed by atoms with van der Waals surface area (Å²) in [6.07, 6.45) is 0. The van der Waals surface area contributed by atoms with E-state index in [4.69, 9.17) is 34.8 Å². The molecule has 0 aliphatic carbocycles. The quantitative estimate of drug-likeness (QED) is 0.500. The van der Waals surface area contributed by atoms with Crippen molar-refractivity contribution in [3.8, 4) is 5.75 Å². The Morgan fingerprint density at radius 2 is 1.94 bits per heavy atom. The van der Waals surface area contributed by atoms with E-state index in [2.05, 4.69) is 10.1 Å². The van der Waals surface area contributed by atoms with Crippen LogP contribution in [0.2, 0.25) is 0 Å². The van der Waals surface area contributed by atoms with Crippen molar-refractivity contribution in [3.05, 3.63) is 23.8 Å². The smallest absolute Gasteiger partial charge is 0.337 e. The highest BCUT2D eigenvalue weighted by Gasteiger charge is 2.31. The first-order chi connectivity index (χ1) is 8.25. The van der Waals surface area contributed by atoms with Crippen LogP contribution < -0.4 is 5.32 Å². The predicted octanol–water partition coefficient (Wildman–Crippen LogP) is 2.49. The second kappa shape index (κ2) is 5.65. The summed E-state index contributed by atoms with van der Waals surface area (Å²) < 4.78 is 2.32. The summed E-state index contributed by atoms with van der Waals surface area (Å²) in [5.74, 6) is -1.89. The molecule has 0 radical (unpaired) electrons. The molecule has 0 fully saturated rings. The average molecular weight is 313 g/mol. The number of halogens is 3. The number of esters is 1. The summed E-state index contributed by atoms with van der Waals surface area (Å²) in [4.78, 5) is 22.5. The Morgan fingerprint density at radius 1 is 1.33 bits per heavy atom. The molecule has 1 aromatic rings. The van der Waals surface area contributed by atoms with Crippen molar-refractivity contribution in [1.82, 2.24) is 0 Å². The van der Waals surface area contributed by atoms with Gasteiger partial charge in [-0.05, 0) is 18.2 Å². The topological polar surface area (TPSA) is 75.6 Å². The van der Waals surface area contributed by atoms with Crippen LogP contribution in [0.1, 0.15) is 10.4 Å². The molecule has 1 amide bonds. The number of carbonyl (C=O) groups excluding carboxylic acids is 2. The van der Waals surface area contributed by atoms with Gasteiger partial charge >= 0.3 is 5.97 Å². The number of alkyl halides is 3. The van der Waals surface area contributed by atoms with Crippen LogP contribution in [0.3, 0.4) is 0 Å². The Labute approximate surface area is 118 Å². The summed E-state index contributed by atoms with van der Waals surface area (Å²) >= 11 is 16.1. The lowest BCUT2D eigenvalue weighted by atomic mass is 10.2. The summed E-state index contributed by atoms with van der Waals surface area (Å²) in [6, 6.07) is 3.76. The zero-order chi connectivity index (χ0) is 13.9. The monoisotopic (exact) mass is 311 g/mol. The summed E-state index contributed by atoms with van der Waals surface area (Å²) in [7, 11) is 1.21. The van der Waals surface area contributed by atoms with Gasteiger partial charge in [0.2, 0.25) is 0 Å². The Balaban J connectivity index is 2.94. The number of aromatic hydroxyl groups is 1. The first-order valence-corrected chi connectivity index (χ1v) is 5.68. The number of phenols is 1. The number of hydrogen-bond acceptors (Lipinski definition) is 4. The molecule has 0 aliphatic heterocycles. The van der Waals surface area contributed by atoms with Crippen molar-refractivity contribution in [3.63, 3.8) is 0 Å². The van der Waals surface area contributed by atoms with Crippen LogP contribution in [0.15, 0.2) is 18.2 Å². The Bertz CT molecular complexity index is 485. The van der Waals surface area contributed by atoms with Crippen LogP contribution in [0.4, 0.5) is 5.69 Å². The van der Waals surface area contributed by atoms with Gasteiger partial charge in [0.05, 0.1) is 18.4 Å². The van der Waals surface area contributed by atoms with Gasteiger partial charge in [-0.15, -0.1) is 0 Å². The van der Waals surface area contributed by atoms with Gasteiger partial charge in [-0.1, -0.05) is 34.8 Å². The van der Waals surface area contributed by atoms with Crippen molar-refractivity contribution in [1.29, 1.82) is 0 Å². The molecule has 0 saturated carbocycles. The molecule has 0 atom stereocenters. The van der Waals surface area contributed by atoms with Gasteiger partial charge in [-0.3, -0.25) is 4.79 Å². The highest BCUT2D eigenvalue weighted by molar-refractivity contribution is 6.76. The van der Waals surface area contributed by atoms with Crippen LogP contribution in [0.25, 0.3) is 0 Å². The number of nitrogens with one attached hydrogen (secondary N) is 1. The molecule has 0 aliphatic rings. The molecular weight excluding hydrogens is 304 g/mol. The van der Waals surface area contributed by atoms with E-state index in [9.17, 15) is 14.7 Å². The molecule has 0 unspecified atom stereocenters. The van der Waals surface area contributed by atoms with E-state index >= 15 is 0 Å². The third-order valence-electron chi connectivity index (χ3n) is 1.92. The minimum Gasteiger partial charge on any atom is -0.506 e. The molecule has 0 bridgehead atoms. The molecule has 0 saturated heterocycles. The SMILES string of the molecule is COC(=O)c1ccc(NC(=O)C(Cl)(Cl)Cl)c(O)c1. The van der Waals surface area contributed by atoms with Gasteiger partial charge in [0, 0.05) is 0 Å². The maximum Gasteiger partial charge on any atom is 0.337 e. The second-order valence-electron chi connectivity index (χ2n) is 3.18. The zero-order valence-corrected chi connectivity index (χ0v) is 11.3. The van der Waals surface area contributed by atoms with Gasteiger partial charge in [0.1, 0.15) is 5.75 Å². The number of phenolic OH excluding ortho intramolecular Hbond substituents is 1. The number of benzene rings is 1. The van der Waals surface area contributed by atoms with Crippen LogP contribution in [0.5, 0.6) is 5.75 Å². The molecule has 1 rings (SSSR count). The molecule has 0 aromatic heterocycles. The number of methoxy groups -OCH3 is 1. The number of anilines is 1. The summed E-state index contributed by atoms with van der Waals surface area (Å²) in [5, 5.41) is 11.8. The first kappa shape index (κ1) is 14.9. The van der Waals surface area contributed by atoms with Gasteiger partial charge in [0.25, 0.3) is 9.70 Å². The van der Waals surface area contributed by atoms with E-state index in [-0.39, 0.29) is 17.0 Å². The molecule has 8 heteroatoms. The van der Waals surface area contributed by atoms with Crippen LogP contribution in [-0.2, 0) is 9.53 Å². The number of ether oxygens (including phenoxy) is 1. The second-order valence-corrected chi connectivity index (χ2v) is 5.46. The predicted molar refractivity (Wildman–Crippen MR) is 68.4 cm³/mol. The van der Waals surface area contributed by atoms with Crippen molar-refractivity contribution in [2.45, 2.75) is 3.79 Å². The third-order valence-corrected chi connectivity index (χ3v) is 2.44. The average Bonchev–Trinajstić information content (AvgIpc) is 2.29. The molecule has 98 valence electrons. The summed E-state index contributed by atoms with van der Waals surface area (Å²) in [5.41, 5.74) is 0.140. The number of hydrogen-bond donors (Lipinski definition) is 2. The van der Waals surface area contributed by atoms with Crippen molar-refractivity contribution >= 4 is 52.4 Å². The van der Waals surface area contributed by atoms with Gasteiger partial charge in [0.15, 0.2) is 0 Å². The van der Waals surface area contributed by atoms with Crippen LogP contribution in [0, 0.1) is 0 Å². The van der Waals surface area contributed by atoms with Crippen LogP contribution >= 0.6 is 34.8 Å². The Kier molecular flexibility index (Phi) is 4.67. The number of rotatable bonds is 2. The first-order valence-electron chi connectivity index (χ1n) is 4.55. The lowest BCUT2D eigenvalue weighted by molar-refractivity contribution is -0.115. The van der Waals surface area contributed by atoms with E-state index in [1.807, 2.05) is 0 Å². The van der Waals surface area contributed by atoms with E-state index < -0.39 is 15.7 Å². The molecule has 1 aromatic carbocycles. The van der Waals surface area contributed by atoms with Crippen LogP contribution in [-0.4, -0.2) is 27.9 Å². The largest absolute Gasteiger partial charge is 0.506 e. The maximum absolute atomic E-state index is 11.4. The van der Waals surface area contributed by atoms with Crippen molar-refractivity contribution in [2.75, 3.05) is 12.4 Å². The molecular formula is C10H8Cl3NO4. The van der Waals surface area contributed by atoms with E-state index in [0.717, 1.165) is 6.07 Å². The Morgan fingerprint density at radius 3 is 2.39 bits per heavy atom. The van der Waals surface area contributed by atoms with E-state index in [1.54, 1.807) is 0 Å². The minimum absolute atomic E-state index is 0.0129. The minimum atomic E-state index is -2.15. The van der Waals surface area contributed by atoms with Gasteiger partial charge < -0.3 is 15.2 Å². The molecule has 0 heterocycles. The highest BCUT2D eigenvalue weighted by atomic mass is 35.6.